The first-order valence-electron chi connectivity index (χ1n) is 18.6. The third-order valence-corrected chi connectivity index (χ3v) is 11.2. The molecule has 52 heavy (non-hydrogen) atoms. The van der Waals surface area contributed by atoms with Gasteiger partial charge in [0, 0.05) is 12.0 Å². The molecule has 2 saturated carbocycles. The van der Waals surface area contributed by atoms with Gasteiger partial charge in [0.25, 0.3) is 0 Å². The highest BCUT2D eigenvalue weighted by atomic mass is 19.3. The minimum absolute atomic E-state index is 0.00420. The van der Waals surface area contributed by atoms with Crippen LogP contribution < -0.4 is 14.8 Å². The first-order valence-corrected chi connectivity index (χ1v) is 18.6. The van der Waals surface area contributed by atoms with Crippen LogP contribution in [0.4, 0.5) is 13.6 Å². The molecule has 1 aromatic heterocycles. The zero-order valence-corrected chi connectivity index (χ0v) is 31.2. The van der Waals surface area contributed by atoms with E-state index in [0.717, 1.165) is 18.9 Å². The number of fused-ring (bicyclic) bond motifs is 7. The fourth-order valence-corrected chi connectivity index (χ4v) is 8.38. The Bertz CT molecular complexity index is 1690. The molecule has 1 N–H and O–H groups in total. The van der Waals surface area contributed by atoms with Crippen molar-refractivity contribution in [1.29, 1.82) is 0 Å². The normalized spacial score (nSPS) is 31.2. The molecule has 13 heteroatoms. The first-order chi connectivity index (χ1) is 24.6. The molecule has 1 saturated heterocycles. The standard InChI is InChI=1S/C39H52F2N4O7/c1-8-24-30-19-45(31(24)36(47)50-20-21(2)3)35(46)33(38(4,5)6)44-37(48)52-29-17-22-12-14-25(22)26(29)11-9-10-16-39(40,41)32-34(51-30)43-28-18-23(49-7)13-15-27(28)42-32/h10,13,15-16,18,21-22,24-26,29-31,33H,8-9,11-12,14,17,19-20H2,1-7H3,(H,44,48)/b16-10+/t22-,24+,25-,26+,29+,30-,31-,33+/m0/s1. The Morgan fingerprint density at radius 1 is 1.08 bits per heavy atom. The van der Waals surface area contributed by atoms with Crippen LogP contribution in [-0.4, -0.2) is 77.4 Å². The van der Waals surface area contributed by atoms with Crippen molar-refractivity contribution in [3.63, 3.8) is 0 Å². The molecule has 2 aromatic rings. The maximum atomic E-state index is 16.3. The van der Waals surface area contributed by atoms with Gasteiger partial charge >= 0.3 is 18.0 Å². The molecule has 8 atom stereocenters. The topological polar surface area (TPSA) is 129 Å². The van der Waals surface area contributed by atoms with Crippen LogP contribution in [0.1, 0.15) is 85.8 Å². The Labute approximate surface area is 304 Å². The van der Waals surface area contributed by atoms with Crippen LogP contribution in [0.5, 0.6) is 11.6 Å². The second kappa shape index (κ2) is 14.8. The average Bonchev–Trinajstić information content (AvgIpc) is 3.55. The van der Waals surface area contributed by atoms with E-state index in [1.54, 1.807) is 18.2 Å². The number of nitrogens with one attached hydrogen (secondary N) is 1. The van der Waals surface area contributed by atoms with E-state index in [2.05, 4.69) is 15.3 Å². The number of nitrogens with zero attached hydrogens (tertiary/aromatic N) is 3. The van der Waals surface area contributed by atoms with Gasteiger partial charge in [0.15, 0.2) is 5.69 Å². The van der Waals surface area contributed by atoms with Gasteiger partial charge in [-0.25, -0.2) is 19.6 Å². The average molecular weight is 727 g/mol. The maximum absolute atomic E-state index is 16.3. The van der Waals surface area contributed by atoms with E-state index in [-0.39, 0.29) is 36.0 Å². The second-order valence-electron chi connectivity index (χ2n) is 16.3. The zero-order valence-electron chi connectivity index (χ0n) is 31.2. The summed E-state index contributed by atoms with van der Waals surface area (Å²) < 4.78 is 56.1. The lowest BCUT2D eigenvalue weighted by molar-refractivity contribution is -0.157. The Balaban J connectivity index is 1.46. The number of carbonyl (C=O) groups excluding carboxylic acids is 3. The zero-order chi connectivity index (χ0) is 37.5. The number of carbonyl (C=O) groups is 3. The maximum Gasteiger partial charge on any atom is 0.408 e. The van der Waals surface area contributed by atoms with Crippen molar-refractivity contribution >= 4 is 29.0 Å². The summed E-state index contributed by atoms with van der Waals surface area (Å²) in [4.78, 5) is 52.4. The first kappa shape index (κ1) is 37.7. The van der Waals surface area contributed by atoms with Gasteiger partial charge in [-0.15, -0.1) is 0 Å². The molecule has 0 unspecified atom stereocenters. The Morgan fingerprint density at radius 2 is 1.85 bits per heavy atom. The number of hydrogen-bond acceptors (Lipinski definition) is 9. The molecule has 6 rings (SSSR count). The summed E-state index contributed by atoms with van der Waals surface area (Å²) in [5.41, 5.74) is -0.942. The van der Waals surface area contributed by atoms with Gasteiger partial charge in [-0.1, -0.05) is 47.6 Å². The highest BCUT2D eigenvalue weighted by Gasteiger charge is 2.53. The number of alkyl halides is 2. The highest BCUT2D eigenvalue weighted by molar-refractivity contribution is 5.91. The molecule has 3 fully saturated rings. The molecule has 0 spiro atoms. The quantitative estimate of drug-likeness (QED) is 0.261. The number of hydrogen-bond donors (Lipinski definition) is 1. The van der Waals surface area contributed by atoms with Gasteiger partial charge < -0.3 is 29.2 Å². The molecule has 0 radical (unpaired) electrons. The summed E-state index contributed by atoms with van der Waals surface area (Å²) >= 11 is 0. The minimum atomic E-state index is -3.57. The summed E-state index contributed by atoms with van der Waals surface area (Å²) in [5, 5.41) is 2.86. The molecule has 1 aromatic carbocycles. The molecule has 2 amide bonds. The number of amides is 2. The van der Waals surface area contributed by atoms with Crippen molar-refractivity contribution in [2.75, 3.05) is 20.3 Å². The van der Waals surface area contributed by atoms with E-state index in [1.165, 1.54) is 18.1 Å². The molecule has 2 bridgehead atoms. The van der Waals surface area contributed by atoms with Crippen LogP contribution in [-0.2, 0) is 25.0 Å². The monoisotopic (exact) mass is 726 g/mol. The number of benzene rings is 1. The third kappa shape index (κ3) is 7.55. The van der Waals surface area contributed by atoms with Crippen molar-refractivity contribution in [3.05, 3.63) is 36.0 Å². The summed E-state index contributed by atoms with van der Waals surface area (Å²) in [5.74, 6) is -4.52. The second-order valence-corrected chi connectivity index (χ2v) is 16.3. The number of rotatable bonds is 5. The van der Waals surface area contributed by atoms with Crippen molar-refractivity contribution in [3.8, 4) is 11.6 Å². The molecule has 3 heterocycles. The summed E-state index contributed by atoms with van der Waals surface area (Å²) in [7, 11) is 1.49. The minimum Gasteiger partial charge on any atom is -0.497 e. The van der Waals surface area contributed by atoms with Crippen molar-refractivity contribution in [1.82, 2.24) is 20.2 Å². The molecule has 4 aliphatic rings. The van der Waals surface area contributed by atoms with E-state index < -0.39 is 71.1 Å². The van der Waals surface area contributed by atoms with Gasteiger partial charge in [0.2, 0.25) is 11.8 Å². The van der Waals surface area contributed by atoms with Crippen LogP contribution in [0.3, 0.4) is 0 Å². The molecule has 11 nitrogen and oxygen atoms in total. The van der Waals surface area contributed by atoms with E-state index in [1.807, 2.05) is 41.5 Å². The van der Waals surface area contributed by atoms with E-state index in [4.69, 9.17) is 18.9 Å². The van der Waals surface area contributed by atoms with Crippen molar-refractivity contribution < 1.29 is 42.1 Å². The summed E-state index contributed by atoms with van der Waals surface area (Å²) in [6, 6.07) is 2.58. The number of allylic oxidation sites excluding steroid dienone is 2. The number of ether oxygens (including phenoxy) is 4. The number of esters is 1. The SMILES string of the molecule is CC[C@@H]1[C@@H]2CN(C(=O)[C@H](C(C)(C)C)NC(=O)O[C@@H]3C[C@@H]4CC[C@@H]4[C@H]3CC/C=C/C(F)(F)c3nc4ccc(OC)cc4nc3O2)[C@@H]1C(=O)OCC(C)C. The number of methoxy groups -OCH3 is 1. The lowest BCUT2D eigenvalue weighted by Crippen LogP contribution is -2.57. The fourth-order valence-electron chi connectivity index (χ4n) is 8.38. The van der Waals surface area contributed by atoms with E-state index in [9.17, 15) is 14.4 Å². The van der Waals surface area contributed by atoms with Gasteiger partial charge in [-0.05, 0) is 85.8 Å². The lowest BCUT2D eigenvalue weighted by Gasteiger charge is -2.36. The molecule has 2 aliphatic heterocycles. The molecular formula is C39H52F2N4O7. The van der Waals surface area contributed by atoms with Gasteiger partial charge in [-0.2, -0.15) is 8.78 Å². The smallest absolute Gasteiger partial charge is 0.408 e. The van der Waals surface area contributed by atoms with E-state index in [0.29, 0.717) is 43.3 Å². The predicted octanol–water partition coefficient (Wildman–Crippen LogP) is 6.82. The summed E-state index contributed by atoms with van der Waals surface area (Å²) in [6.07, 6.45) is 4.23. The Kier molecular flexibility index (Phi) is 10.7. The van der Waals surface area contributed by atoms with Gasteiger partial charge in [0.05, 0.1) is 31.3 Å². The summed E-state index contributed by atoms with van der Waals surface area (Å²) in [6.45, 7) is 11.1. The van der Waals surface area contributed by atoms with Crippen LogP contribution in [0.15, 0.2) is 30.4 Å². The fraction of sp³-hybridized carbons (Fsp3) is 0.667. The van der Waals surface area contributed by atoms with Crippen molar-refractivity contribution in [2.24, 2.45) is 35.0 Å². The van der Waals surface area contributed by atoms with Crippen LogP contribution in [0, 0.1) is 35.0 Å². The largest absolute Gasteiger partial charge is 0.497 e. The third-order valence-electron chi connectivity index (χ3n) is 11.2. The van der Waals surface area contributed by atoms with Crippen LogP contribution in [0.2, 0.25) is 0 Å². The highest BCUT2D eigenvalue weighted by Crippen LogP contribution is 2.53. The molecule has 284 valence electrons. The molecule has 2 aliphatic carbocycles. The van der Waals surface area contributed by atoms with Crippen LogP contribution in [0.25, 0.3) is 11.0 Å². The number of alkyl carbamates (subject to hydrolysis) is 1. The lowest BCUT2D eigenvalue weighted by atomic mass is 9.71. The van der Waals surface area contributed by atoms with Crippen LogP contribution >= 0.6 is 0 Å². The predicted molar refractivity (Wildman–Crippen MR) is 189 cm³/mol. The Hall–Kier alpha value is -4.03. The van der Waals surface area contributed by atoms with E-state index >= 15 is 8.78 Å². The molecular weight excluding hydrogens is 674 g/mol. The van der Waals surface area contributed by atoms with Gasteiger partial charge in [-0.3, -0.25) is 4.79 Å². The Morgan fingerprint density at radius 3 is 2.50 bits per heavy atom. The number of halogens is 2. The van der Waals surface area contributed by atoms with Gasteiger partial charge in [0.1, 0.15) is 30.0 Å². The van der Waals surface area contributed by atoms with Crippen molar-refractivity contribution in [2.45, 2.75) is 110 Å². The number of aromatic nitrogens is 2.